The highest BCUT2D eigenvalue weighted by molar-refractivity contribution is 5.79. The highest BCUT2D eigenvalue weighted by atomic mass is 19.3. The molecule has 0 atom stereocenters. The van der Waals surface area contributed by atoms with E-state index < -0.39 is 17.5 Å². The van der Waals surface area contributed by atoms with Crippen LogP contribution >= 0.6 is 0 Å². The average molecular weight is 236 g/mol. The molecule has 1 N–H and O–H groups in total. The minimum absolute atomic E-state index is 0.0428. The molecular formula is C11H18F2O3. The number of aliphatic hydroxyl groups is 1. The molecule has 1 saturated carbocycles. The van der Waals surface area contributed by atoms with Gasteiger partial charge in [-0.25, -0.2) is 4.79 Å². The van der Waals surface area contributed by atoms with E-state index in [-0.39, 0.29) is 19.4 Å². The molecule has 16 heavy (non-hydrogen) atoms. The van der Waals surface area contributed by atoms with Crippen LogP contribution in [0.4, 0.5) is 8.78 Å². The molecule has 0 bridgehead atoms. The number of carbonyl (C=O) groups is 1. The van der Waals surface area contributed by atoms with E-state index in [0.29, 0.717) is 12.8 Å². The third-order valence-electron chi connectivity index (χ3n) is 3.05. The van der Waals surface area contributed by atoms with E-state index in [9.17, 15) is 18.7 Å². The molecule has 0 saturated heterocycles. The maximum absolute atomic E-state index is 13.7. The quantitative estimate of drug-likeness (QED) is 0.604. The minimum atomic E-state index is -3.80. The molecule has 5 heteroatoms. The molecular weight excluding hydrogens is 218 g/mol. The largest absolute Gasteiger partial charge is 0.461 e. The van der Waals surface area contributed by atoms with Crippen LogP contribution in [0.2, 0.25) is 0 Å². The second-order valence-corrected chi connectivity index (χ2v) is 4.24. The Hall–Kier alpha value is -0.710. The Balaban J connectivity index is 2.81. The lowest BCUT2D eigenvalue weighted by molar-refractivity contribution is -0.216. The zero-order valence-corrected chi connectivity index (χ0v) is 9.47. The predicted octanol–water partition coefficient (Wildman–Crippen LogP) is 2.27. The lowest BCUT2D eigenvalue weighted by Crippen LogP contribution is -2.53. The fraction of sp³-hybridized carbons (Fsp3) is 0.909. The Bertz CT molecular complexity index is 246. The van der Waals surface area contributed by atoms with E-state index >= 15 is 0 Å². The maximum Gasteiger partial charge on any atom is 0.380 e. The van der Waals surface area contributed by atoms with Crippen LogP contribution < -0.4 is 0 Å². The zero-order valence-electron chi connectivity index (χ0n) is 9.47. The van der Waals surface area contributed by atoms with Gasteiger partial charge in [-0.05, 0) is 19.8 Å². The van der Waals surface area contributed by atoms with Crippen LogP contribution in [0.1, 0.15) is 45.4 Å². The first-order chi connectivity index (χ1) is 7.44. The molecule has 0 aromatic rings. The van der Waals surface area contributed by atoms with Crippen LogP contribution in [-0.2, 0) is 9.53 Å². The fourth-order valence-electron chi connectivity index (χ4n) is 2.04. The summed E-state index contributed by atoms with van der Waals surface area (Å²) < 4.78 is 31.8. The van der Waals surface area contributed by atoms with Gasteiger partial charge >= 0.3 is 11.9 Å². The predicted molar refractivity (Wildman–Crippen MR) is 54.2 cm³/mol. The molecule has 1 fully saturated rings. The Morgan fingerprint density at radius 3 is 2.25 bits per heavy atom. The van der Waals surface area contributed by atoms with Crippen LogP contribution in [0.5, 0.6) is 0 Å². The molecule has 0 aliphatic heterocycles. The van der Waals surface area contributed by atoms with Crippen molar-refractivity contribution in [1.82, 2.24) is 0 Å². The van der Waals surface area contributed by atoms with Crippen molar-refractivity contribution in [2.45, 2.75) is 57.0 Å². The molecule has 0 spiro atoms. The molecule has 0 amide bonds. The van der Waals surface area contributed by atoms with Crippen LogP contribution in [0, 0.1) is 0 Å². The van der Waals surface area contributed by atoms with E-state index in [0.717, 1.165) is 12.8 Å². The van der Waals surface area contributed by atoms with E-state index in [1.165, 1.54) is 6.92 Å². The van der Waals surface area contributed by atoms with Gasteiger partial charge in [0.05, 0.1) is 6.61 Å². The Kier molecular flexibility index (Phi) is 4.24. The van der Waals surface area contributed by atoms with Gasteiger partial charge in [0.15, 0.2) is 0 Å². The second kappa shape index (κ2) is 5.08. The minimum Gasteiger partial charge on any atom is -0.461 e. The van der Waals surface area contributed by atoms with Gasteiger partial charge in [-0.2, -0.15) is 8.78 Å². The van der Waals surface area contributed by atoms with Gasteiger partial charge in [0, 0.05) is 0 Å². The van der Waals surface area contributed by atoms with E-state index in [1.54, 1.807) is 0 Å². The molecule has 0 aromatic heterocycles. The Morgan fingerprint density at radius 1 is 1.31 bits per heavy atom. The third-order valence-corrected chi connectivity index (χ3v) is 3.05. The van der Waals surface area contributed by atoms with Crippen molar-refractivity contribution >= 4 is 5.97 Å². The van der Waals surface area contributed by atoms with Crippen molar-refractivity contribution in [2.24, 2.45) is 0 Å². The Morgan fingerprint density at radius 2 is 1.81 bits per heavy atom. The van der Waals surface area contributed by atoms with Gasteiger partial charge in [0.1, 0.15) is 5.60 Å². The maximum atomic E-state index is 13.7. The molecule has 1 rings (SSSR count). The highest BCUT2D eigenvalue weighted by Gasteiger charge is 2.58. The van der Waals surface area contributed by atoms with Crippen LogP contribution in [0.3, 0.4) is 0 Å². The summed E-state index contributed by atoms with van der Waals surface area (Å²) in [7, 11) is 0. The molecule has 1 aliphatic carbocycles. The second-order valence-electron chi connectivity index (χ2n) is 4.24. The van der Waals surface area contributed by atoms with E-state index in [2.05, 4.69) is 4.74 Å². The number of ether oxygens (including phenoxy) is 1. The van der Waals surface area contributed by atoms with Gasteiger partial charge < -0.3 is 9.84 Å². The fourth-order valence-corrected chi connectivity index (χ4v) is 2.04. The number of hydrogen-bond acceptors (Lipinski definition) is 3. The van der Waals surface area contributed by atoms with Crippen molar-refractivity contribution in [3.63, 3.8) is 0 Å². The number of esters is 1. The summed E-state index contributed by atoms with van der Waals surface area (Å²) in [5.41, 5.74) is -2.23. The highest BCUT2D eigenvalue weighted by Crippen LogP contribution is 2.40. The summed E-state index contributed by atoms with van der Waals surface area (Å²) in [6.07, 6.45) is 2.59. The first-order valence-corrected chi connectivity index (χ1v) is 5.71. The summed E-state index contributed by atoms with van der Waals surface area (Å²) in [5, 5.41) is 9.93. The molecule has 0 heterocycles. The number of rotatable bonds is 3. The summed E-state index contributed by atoms with van der Waals surface area (Å²) >= 11 is 0. The summed E-state index contributed by atoms with van der Waals surface area (Å²) in [5.74, 6) is -5.41. The summed E-state index contributed by atoms with van der Waals surface area (Å²) in [6.45, 7) is 1.36. The smallest absolute Gasteiger partial charge is 0.380 e. The van der Waals surface area contributed by atoms with Crippen LogP contribution in [0.15, 0.2) is 0 Å². The monoisotopic (exact) mass is 236 g/mol. The first kappa shape index (κ1) is 13.4. The van der Waals surface area contributed by atoms with Crippen LogP contribution in [-0.4, -0.2) is 29.2 Å². The van der Waals surface area contributed by atoms with Crippen molar-refractivity contribution in [2.75, 3.05) is 6.61 Å². The lowest BCUT2D eigenvalue weighted by atomic mass is 9.87. The summed E-state index contributed by atoms with van der Waals surface area (Å²) in [6, 6.07) is 0. The van der Waals surface area contributed by atoms with Crippen molar-refractivity contribution < 1.29 is 23.4 Å². The van der Waals surface area contributed by atoms with E-state index in [4.69, 9.17) is 0 Å². The molecule has 0 radical (unpaired) electrons. The molecule has 1 aliphatic rings. The standard InChI is InChI=1S/C11H18F2O3/c1-2-16-9(14)11(12,13)10(15)7-5-3-4-6-8-10/h15H,2-8H2,1H3. The summed E-state index contributed by atoms with van der Waals surface area (Å²) in [4.78, 5) is 11.1. The zero-order chi connectivity index (χ0) is 12.2. The van der Waals surface area contributed by atoms with Gasteiger partial charge in [0.25, 0.3) is 0 Å². The topological polar surface area (TPSA) is 46.5 Å². The van der Waals surface area contributed by atoms with Crippen molar-refractivity contribution in [3.8, 4) is 0 Å². The number of carbonyl (C=O) groups excluding carboxylic acids is 1. The van der Waals surface area contributed by atoms with Gasteiger partial charge in [-0.1, -0.05) is 25.7 Å². The lowest BCUT2D eigenvalue weighted by Gasteiger charge is -2.33. The average Bonchev–Trinajstić information content (AvgIpc) is 2.44. The normalized spacial score (nSPS) is 21.2. The molecule has 3 nitrogen and oxygen atoms in total. The number of halogens is 2. The number of hydrogen-bond donors (Lipinski definition) is 1. The SMILES string of the molecule is CCOC(=O)C(F)(F)C1(O)CCCCCC1. The third kappa shape index (κ3) is 2.51. The van der Waals surface area contributed by atoms with Crippen molar-refractivity contribution in [1.29, 1.82) is 0 Å². The Labute approximate surface area is 93.8 Å². The van der Waals surface area contributed by atoms with E-state index in [1.807, 2.05) is 0 Å². The van der Waals surface area contributed by atoms with Gasteiger partial charge in [-0.15, -0.1) is 0 Å². The van der Waals surface area contributed by atoms with Gasteiger partial charge in [0.2, 0.25) is 0 Å². The van der Waals surface area contributed by atoms with Crippen molar-refractivity contribution in [3.05, 3.63) is 0 Å². The molecule has 0 aromatic carbocycles. The molecule has 0 unspecified atom stereocenters. The first-order valence-electron chi connectivity index (χ1n) is 5.71. The molecule has 94 valence electrons. The van der Waals surface area contributed by atoms with Crippen LogP contribution in [0.25, 0.3) is 0 Å². The van der Waals surface area contributed by atoms with Gasteiger partial charge in [-0.3, -0.25) is 0 Å². The number of alkyl halides is 2.